The summed E-state index contributed by atoms with van der Waals surface area (Å²) in [4.78, 5) is 16.9. The van der Waals surface area contributed by atoms with Gasteiger partial charge in [-0.1, -0.05) is 0 Å². The number of phenols is 1. The number of nitrogens with one attached hydrogen (secondary N) is 1. The Labute approximate surface area is 149 Å². The number of benzene rings is 1. The molecule has 1 aromatic rings. The molecule has 0 spiro atoms. The summed E-state index contributed by atoms with van der Waals surface area (Å²) in [6, 6.07) is 7.26. The van der Waals surface area contributed by atoms with Gasteiger partial charge in [0.05, 0.1) is 5.41 Å². The first-order chi connectivity index (χ1) is 10.1. The molecule has 23 heavy (non-hydrogen) atoms. The average Bonchev–Trinajstić information content (AvgIpc) is 2.96. The predicted molar refractivity (Wildman–Crippen MR) is 97.0 cm³/mol. The zero-order valence-electron chi connectivity index (χ0n) is 13.3. The van der Waals surface area contributed by atoms with E-state index in [0.29, 0.717) is 0 Å². The molecule has 0 bridgehead atoms. The minimum atomic E-state index is -0.222. The third-order valence-corrected chi connectivity index (χ3v) is 4.67. The fraction of sp³-hybridized carbons (Fsp3) is 0.562. The number of nitrogens with zero attached hydrogens (tertiary/aromatic N) is 2. The molecule has 2 saturated heterocycles. The van der Waals surface area contributed by atoms with Gasteiger partial charge in [-0.05, 0) is 44.2 Å². The van der Waals surface area contributed by atoms with Gasteiger partial charge < -0.3 is 20.2 Å². The Kier molecular flexibility index (Phi) is 6.99. The van der Waals surface area contributed by atoms with Crippen molar-refractivity contribution >= 4 is 36.4 Å². The summed E-state index contributed by atoms with van der Waals surface area (Å²) in [5, 5.41) is 12.6. The van der Waals surface area contributed by atoms with Crippen molar-refractivity contribution in [2.24, 2.45) is 5.41 Å². The van der Waals surface area contributed by atoms with Crippen LogP contribution >= 0.6 is 24.8 Å². The maximum Gasteiger partial charge on any atom is 0.229 e. The molecule has 130 valence electrons. The zero-order valence-corrected chi connectivity index (χ0v) is 15.0. The summed E-state index contributed by atoms with van der Waals surface area (Å²) < 4.78 is 0. The van der Waals surface area contributed by atoms with E-state index in [0.717, 1.165) is 51.4 Å². The minimum Gasteiger partial charge on any atom is -0.508 e. The SMILES string of the molecule is CC1(C(=O)N2CCN(c3ccc(O)cc3)CC2)CCNC1.Cl.Cl. The molecule has 5 nitrogen and oxygen atoms in total. The first kappa shape index (κ1) is 19.9. The summed E-state index contributed by atoms with van der Waals surface area (Å²) in [6.07, 6.45) is 0.935. The van der Waals surface area contributed by atoms with Gasteiger partial charge in [0.25, 0.3) is 0 Å². The molecule has 1 amide bonds. The summed E-state index contributed by atoms with van der Waals surface area (Å²) in [5.41, 5.74) is 0.884. The Morgan fingerprint density at radius 3 is 2.26 bits per heavy atom. The molecule has 2 fully saturated rings. The largest absolute Gasteiger partial charge is 0.508 e. The number of rotatable bonds is 2. The lowest BCUT2D eigenvalue weighted by atomic mass is 9.88. The number of amides is 1. The van der Waals surface area contributed by atoms with Crippen LogP contribution < -0.4 is 10.2 Å². The highest BCUT2D eigenvalue weighted by Crippen LogP contribution is 2.28. The first-order valence-electron chi connectivity index (χ1n) is 7.63. The molecule has 0 radical (unpaired) electrons. The van der Waals surface area contributed by atoms with Crippen LogP contribution in [0.15, 0.2) is 24.3 Å². The molecule has 7 heteroatoms. The molecular weight excluding hydrogens is 337 g/mol. The Morgan fingerprint density at radius 1 is 1.13 bits per heavy atom. The molecule has 0 saturated carbocycles. The van der Waals surface area contributed by atoms with Gasteiger partial charge in [-0.3, -0.25) is 4.79 Å². The number of anilines is 1. The van der Waals surface area contributed by atoms with Crippen molar-refractivity contribution in [1.82, 2.24) is 10.2 Å². The number of piperazine rings is 1. The van der Waals surface area contributed by atoms with Crippen LogP contribution in [-0.2, 0) is 4.79 Å². The van der Waals surface area contributed by atoms with Gasteiger partial charge in [0.1, 0.15) is 5.75 Å². The third-order valence-electron chi connectivity index (χ3n) is 4.67. The Morgan fingerprint density at radius 2 is 1.74 bits per heavy atom. The molecule has 2 aliphatic heterocycles. The molecule has 2 N–H and O–H groups in total. The van der Waals surface area contributed by atoms with E-state index in [1.807, 2.05) is 17.0 Å². The third kappa shape index (κ3) is 4.22. The van der Waals surface area contributed by atoms with Crippen LogP contribution in [0.1, 0.15) is 13.3 Å². The van der Waals surface area contributed by atoms with Crippen LogP contribution in [0.25, 0.3) is 0 Å². The molecule has 1 aromatic carbocycles. The zero-order chi connectivity index (χ0) is 14.9. The van der Waals surface area contributed by atoms with Gasteiger partial charge in [0, 0.05) is 38.4 Å². The minimum absolute atomic E-state index is 0. The van der Waals surface area contributed by atoms with Crippen LogP contribution in [0.4, 0.5) is 5.69 Å². The number of carbonyl (C=O) groups is 1. The number of phenolic OH excluding ortho intramolecular Hbond substituents is 1. The van der Waals surface area contributed by atoms with E-state index in [-0.39, 0.29) is 41.9 Å². The molecule has 1 unspecified atom stereocenters. The fourth-order valence-electron chi connectivity index (χ4n) is 3.21. The van der Waals surface area contributed by atoms with Crippen molar-refractivity contribution in [2.45, 2.75) is 13.3 Å². The molecule has 0 aliphatic carbocycles. The fourth-order valence-corrected chi connectivity index (χ4v) is 3.21. The number of hydrogen-bond donors (Lipinski definition) is 2. The number of hydrogen-bond acceptors (Lipinski definition) is 4. The van der Waals surface area contributed by atoms with Gasteiger partial charge >= 0.3 is 0 Å². The van der Waals surface area contributed by atoms with Gasteiger partial charge in [-0.15, -0.1) is 24.8 Å². The van der Waals surface area contributed by atoms with Gasteiger partial charge in [-0.25, -0.2) is 0 Å². The van der Waals surface area contributed by atoms with Crippen molar-refractivity contribution in [3.63, 3.8) is 0 Å². The monoisotopic (exact) mass is 361 g/mol. The second kappa shape index (κ2) is 8.08. The van der Waals surface area contributed by atoms with E-state index in [4.69, 9.17) is 0 Å². The first-order valence-corrected chi connectivity index (χ1v) is 7.63. The molecule has 2 heterocycles. The van der Waals surface area contributed by atoms with Crippen molar-refractivity contribution in [2.75, 3.05) is 44.2 Å². The lowest BCUT2D eigenvalue weighted by Crippen LogP contribution is -2.53. The highest BCUT2D eigenvalue weighted by atomic mass is 35.5. The quantitative estimate of drug-likeness (QED) is 0.844. The number of halogens is 2. The lowest BCUT2D eigenvalue weighted by Gasteiger charge is -2.39. The van der Waals surface area contributed by atoms with Crippen molar-refractivity contribution < 1.29 is 9.90 Å². The molecule has 0 aromatic heterocycles. The van der Waals surface area contributed by atoms with Crippen molar-refractivity contribution in [3.8, 4) is 5.75 Å². The number of carbonyl (C=O) groups excluding carboxylic acids is 1. The smallest absolute Gasteiger partial charge is 0.229 e. The van der Waals surface area contributed by atoms with E-state index < -0.39 is 0 Å². The van der Waals surface area contributed by atoms with E-state index in [2.05, 4.69) is 17.1 Å². The second-order valence-electron chi connectivity index (χ2n) is 6.28. The van der Waals surface area contributed by atoms with E-state index in [1.54, 1.807) is 12.1 Å². The van der Waals surface area contributed by atoms with E-state index in [9.17, 15) is 9.90 Å². The van der Waals surface area contributed by atoms with E-state index in [1.165, 1.54) is 0 Å². The standard InChI is InChI=1S/C16H23N3O2.2ClH/c1-16(6-7-17-12-16)15(21)19-10-8-18(9-11-19)13-2-4-14(20)5-3-13;;/h2-5,17,20H,6-12H2,1H3;2*1H. The average molecular weight is 362 g/mol. The van der Waals surface area contributed by atoms with Crippen LogP contribution in [0, 0.1) is 5.41 Å². The van der Waals surface area contributed by atoms with Crippen LogP contribution in [-0.4, -0.2) is 55.2 Å². The summed E-state index contributed by atoms with van der Waals surface area (Å²) in [5.74, 6) is 0.576. The Bertz CT molecular complexity index is 511. The van der Waals surface area contributed by atoms with Crippen LogP contribution in [0.5, 0.6) is 5.75 Å². The van der Waals surface area contributed by atoms with Crippen LogP contribution in [0.3, 0.4) is 0 Å². The second-order valence-corrected chi connectivity index (χ2v) is 6.28. The predicted octanol–water partition coefficient (Wildman–Crippen LogP) is 1.88. The van der Waals surface area contributed by atoms with Gasteiger partial charge in [0.15, 0.2) is 0 Å². The Hall–Kier alpha value is -1.17. The summed E-state index contributed by atoms with van der Waals surface area (Å²) >= 11 is 0. The normalized spacial score (nSPS) is 23.9. The van der Waals surface area contributed by atoms with Crippen molar-refractivity contribution in [1.29, 1.82) is 0 Å². The topological polar surface area (TPSA) is 55.8 Å². The number of aromatic hydroxyl groups is 1. The van der Waals surface area contributed by atoms with Crippen molar-refractivity contribution in [3.05, 3.63) is 24.3 Å². The molecule has 1 atom stereocenters. The lowest BCUT2D eigenvalue weighted by molar-refractivity contribution is -0.140. The summed E-state index contributed by atoms with van der Waals surface area (Å²) in [7, 11) is 0. The Balaban J connectivity index is 0.00000132. The molecule has 3 rings (SSSR count). The summed E-state index contributed by atoms with van der Waals surface area (Å²) in [6.45, 7) is 7.05. The van der Waals surface area contributed by atoms with Gasteiger partial charge in [-0.2, -0.15) is 0 Å². The highest BCUT2D eigenvalue weighted by Gasteiger charge is 2.39. The van der Waals surface area contributed by atoms with Gasteiger partial charge in [0.2, 0.25) is 5.91 Å². The maximum absolute atomic E-state index is 12.6. The maximum atomic E-state index is 12.6. The van der Waals surface area contributed by atoms with E-state index >= 15 is 0 Å². The molecular formula is C16H25Cl2N3O2. The van der Waals surface area contributed by atoms with Crippen LogP contribution in [0.2, 0.25) is 0 Å². The molecule has 2 aliphatic rings. The highest BCUT2D eigenvalue weighted by molar-refractivity contribution is 5.85.